The molecule has 4 nitrogen and oxygen atoms in total. The molecule has 4 rings (SSSR count). The zero-order valence-electron chi connectivity index (χ0n) is 20.0. The molecule has 0 saturated carbocycles. The van der Waals surface area contributed by atoms with Crippen LogP contribution in [0.5, 0.6) is 0 Å². The van der Waals surface area contributed by atoms with E-state index >= 15 is 0 Å². The predicted octanol–water partition coefficient (Wildman–Crippen LogP) is 4.66. The lowest BCUT2D eigenvalue weighted by atomic mass is 9.98. The molecule has 0 bridgehead atoms. The Morgan fingerprint density at radius 3 is 1.97 bits per heavy atom. The van der Waals surface area contributed by atoms with Crippen LogP contribution < -0.4 is 4.90 Å². The van der Waals surface area contributed by atoms with Crippen LogP contribution in [0.25, 0.3) is 0 Å². The van der Waals surface area contributed by atoms with Crippen molar-refractivity contribution in [2.24, 2.45) is 0 Å². The molecule has 0 aliphatic carbocycles. The van der Waals surface area contributed by atoms with Crippen molar-refractivity contribution in [2.75, 3.05) is 51.2 Å². The number of benzene rings is 2. The Morgan fingerprint density at radius 2 is 1.29 bits per heavy atom. The summed E-state index contributed by atoms with van der Waals surface area (Å²) in [6.07, 6.45) is 0. The number of hydrogen-bond donors (Lipinski definition) is 0. The molecule has 2 heterocycles. The van der Waals surface area contributed by atoms with E-state index in [1.807, 2.05) is 0 Å². The van der Waals surface area contributed by atoms with Gasteiger partial charge in [0.25, 0.3) is 0 Å². The van der Waals surface area contributed by atoms with Crippen LogP contribution in [0.3, 0.4) is 0 Å². The Hall–Kier alpha value is -1.88. The molecule has 0 N–H and O–H groups in total. The number of anilines is 1. The molecule has 4 heteroatoms. The summed E-state index contributed by atoms with van der Waals surface area (Å²) in [5, 5.41) is 0. The normalized spacial score (nSPS) is 24.3. The first-order chi connectivity index (χ1) is 14.9. The average molecular weight is 421 g/mol. The van der Waals surface area contributed by atoms with Crippen molar-refractivity contribution in [2.45, 2.75) is 51.9 Å². The van der Waals surface area contributed by atoms with E-state index in [-0.39, 0.29) is 0 Å². The minimum atomic E-state index is 0.437. The molecule has 2 unspecified atom stereocenters. The molecule has 0 amide bonds. The van der Waals surface area contributed by atoms with Gasteiger partial charge in [0.05, 0.1) is 6.04 Å². The highest BCUT2D eigenvalue weighted by Crippen LogP contribution is 2.33. The van der Waals surface area contributed by atoms with E-state index in [2.05, 4.69) is 109 Å². The molecule has 2 saturated heterocycles. The molecule has 2 aliphatic heterocycles. The molecule has 0 radical (unpaired) electrons. The third-order valence-electron chi connectivity index (χ3n) is 7.18. The van der Waals surface area contributed by atoms with Crippen LogP contribution in [-0.4, -0.2) is 73.1 Å². The predicted molar refractivity (Wildman–Crippen MR) is 132 cm³/mol. The SMILES string of the molecule is CC(C)N1CCN(C)CC1c1cccc(N2CCN(C(C)C)C(c3ccccc3)C2)c1. The van der Waals surface area contributed by atoms with Crippen molar-refractivity contribution >= 4 is 5.69 Å². The van der Waals surface area contributed by atoms with Crippen LogP contribution >= 0.6 is 0 Å². The molecule has 0 spiro atoms. The van der Waals surface area contributed by atoms with Gasteiger partial charge in [-0.25, -0.2) is 0 Å². The maximum absolute atomic E-state index is 2.67. The highest BCUT2D eigenvalue weighted by molar-refractivity contribution is 5.50. The van der Waals surface area contributed by atoms with Crippen molar-refractivity contribution in [3.63, 3.8) is 0 Å². The minimum absolute atomic E-state index is 0.437. The van der Waals surface area contributed by atoms with E-state index in [0.717, 1.165) is 39.3 Å². The first kappa shape index (κ1) is 22.3. The molecule has 2 aromatic carbocycles. The van der Waals surface area contributed by atoms with Crippen molar-refractivity contribution in [1.29, 1.82) is 0 Å². The number of likely N-dealkylation sites (N-methyl/N-ethyl adjacent to an activating group) is 1. The van der Waals surface area contributed by atoms with Gasteiger partial charge in [0, 0.05) is 63.1 Å². The van der Waals surface area contributed by atoms with Crippen LogP contribution in [0.15, 0.2) is 54.6 Å². The second-order valence-corrected chi connectivity index (χ2v) is 9.91. The molecule has 2 aromatic rings. The van der Waals surface area contributed by atoms with Gasteiger partial charge in [0.15, 0.2) is 0 Å². The molecule has 2 atom stereocenters. The molecular formula is C27H40N4. The maximum atomic E-state index is 2.67. The highest BCUT2D eigenvalue weighted by Gasteiger charge is 2.31. The van der Waals surface area contributed by atoms with Crippen molar-refractivity contribution in [3.8, 4) is 0 Å². The second kappa shape index (κ2) is 9.72. The maximum Gasteiger partial charge on any atom is 0.0526 e. The monoisotopic (exact) mass is 420 g/mol. The lowest BCUT2D eigenvalue weighted by molar-refractivity contribution is 0.0639. The fourth-order valence-electron chi connectivity index (χ4n) is 5.40. The molecule has 2 aliphatic rings. The standard InChI is InChI=1S/C27H40N4/c1-21(2)30-16-14-28(5)19-26(30)24-12-9-13-25(18-24)29-15-17-31(22(3)4)27(20-29)23-10-7-6-8-11-23/h6-13,18,21-22,26-27H,14-17,19-20H2,1-5H3. The van der Waals surface area contributed by atoms with Gasteiger partial charge in [-0.1, -0.05) is 42.5 Å². The van der Waals surface area contributed by atoms with Gasteiger partial charge in [0.2, 0.25) is 0 Å². The lowest BCUT2D eigenvalue weighted by Gasteiger charge is -2.45. The average Bonchev–Trinajstić information content (AvgIpc) is 2.79. The zero-order valence-corrected chi connectivity index (χ0v) is 20.0. The molecule has 2 fully saturated rings. The van der Waals surface area contributed by atoms with Gasteiger partial charge in [0.1, 0.15) is 0 Å². The van der Waals surface area contributed by atoms with Crippen molar-refractivity contribution in [1.82, 2.24) is 14.7 Å². The van der Waals surface area contributed by atoms with Gasteiger partial charge in [-0.2, -0.15) is 0 Å². The van der Waals surface area contributed by atoms with E-state index in [1.165, 1.54) is 16.8 Å². The van der Waals surface area contributed by atoms with E-state index < -0.39 is 0 Å². The first-order valence-corrected chi connectivity index (χ1v) is 12.0. The Kier molecular flexibility index (Phi) is 7.00. The van der Waals surface area contributed by atoms with E-state index in [1.54, 1.807) is 0 Å². The van der Waals surface area contributed by atoms with Crippen molar-refractivity contribution < 1.29 is 0 Å². The van der Waals surface area contributed by atoms with Crippen LogP contribution in [0.1, 0.15) is 50.9 Å². The number of rotatable bonds is 5. The smallest absolute Gasteiger partial charge is 0.0526 e. The summed E-state index contributed by atoms with van der Waals surface area (Å²) < 4.78 is 0. The Morgan fingerprint density at radius 1 is 0.677 bits per heavy atom. The Labute approximate surface area is 189 Å². The van der Waals surface area contributed by atoms with E-state index in [0.29, 0.717) is 24.2 Å². The summed E-state index contributed by atoms with van der Waals surface area (Å²) in [7, 11) is 2.25. The van der Waals surface area contributed by atoms with Gasteiger partial charge >= 0.3 is 0 Å². The number of nitrogens with zero attached hydrogens (tertiary/aromatic N) is 4. The summed E-state index contributed by atoms with van der Waals surface area (Å²) in [6, 6.07) is 22.5. The van der Waals surface area contributed by atoms with Crippen LogP contribution in [0.2, 0.25) is 0 Å². The zero-order chi connectivity index (χ0) is 22.0. The summed E-state index contributed by atoms with van der Waals surface area (Å²) >= 11 is 0. The largest absolute Gasteiger partial charge is 0.368 e. The molecule has 0 aromatic heterocycles. The number of piperazine rings is 2. The molecule has 31 heavy (non-hydrogen) atoms. The fraction of sp³-hybridized carbons (Fsp3) is 0.556. The van der Waals surface area contributed by atoms with Crippen LogP contribution in [-0.2, 0) is 0 Å². The molecular weight excluding hydrogens is 380 g/mol. The Balaban J connectivity index is 1.58. The summed E-state index contributed by atoms with van der Waals surface area (Å²) in [4.78, 5) is 10.4. The van der Waals surface area contributed by atoms with E-state index in [9.17, 15) is 0 Å². The minimum Gasteiger partial charge on any atom is -0.368 e. The first-order valence-electron chi connectivity index (χ1n) is 12.0. The third kappa shape index (κ3) is 4.97. The quantitative estimate of drug-likeness (QED) is 0.698. The molecule has 168 valence electrons. The highest BCUT2D eigenvalue weighted by atomic mass is 15.3. The van der Waals surface area contributed by atoms with E-state index in [4.69, 9.17) is 0 Å². The van der Waals surface area contributed by atoms with Gasteiger partial charge in [-0.15, -0.1) is 0 Å². The van der Waals surface area contributed by atoms with Crippen LogP contribution in [0, 0.1) is 0 Å². The summed E-state index contributed by atoms with van der Waals surface area (Å²) in [5.74, 6) is 0. The lowest BCUT2D eigenvalue weighted by Crippen LogP contribution is -2.51. The fourth-order valence-corrected chi connectivity index (χ4v) is 5.40. The van der Waals surface area contributed by atoms with Crippen LogP contribution in [0.4, 0.5) is 5.69 Å². The van der Waals surface area contributed by atoms with Gasteiger partial charge in [-0.3, -0.25) is 9.80 Å². The second-order valence-electron chi connectivity index (χ2n) is 9.91. The summed E-state index contributed by atoms with van der Waals surface area (Å²) in [6.45, 7) is 16.0. The topological polar surface area (TPSA) is 13.0 Å². The summed E-state index contributed by atoms with van der Waals surface area (Å²) in [5.41, 5.74) is 4.26. The number of hydrogen-bond acceptors (Lipinski definition) is 4. The third-order valence-corrected chi connectivity index (χ3v) is 7.18. The van der Waals surface area contributed by atoms with Gasteiger partial charge in [-0.05, 0) is 58.0 Å². The van der Waals surface area contributed by atoms with Crippen molar-refractivity contribution in [3.05, 3.63) is 65.7 Å². The van der Waals surface area contributed by atoms with Gasteiger partial charge < -0.3 is 9.80 Å². The Bertz CT molecular complexity index is 834.